The van der Waals surface area contributed by atoms with Crippen LogP contribution in [-0.2, 0) is 0 Å². The van der Waals surface area contributed by atoms with Crippen molar-refractivity contribution in [1.82, 2.24) is 0 Å². The molecule has 0 saturated carbocycles. The lowest BCUT2D eigenvalue weighted by atomic mass is 9.99. The first-order chi connectivity index (χ1) is 8.66. The van der Waals surface area contributed by atoms with Gasteiger partial charge in [0.1, 0.15) is 0 Å². The molecule has 0 aromatic heterocycles. The summed E-state index contributed by atoms with van der Waals surface area (Å²) in [6.45, 7) is 1.77. The molecule has 2 aromatic carbocycles. The molecule has 2 rings (SSSR count). The Morgan fingerprint density at radius 1 is 1.06 bits per heavy atom. The van der Waals surface area contributed by atoms with Crippen molar-refractivity contribution < 1.29 is 5.11 Å². The normalized spacial score (nSPS) is 13.4. The van der Waals surface area contributed by atoms with E-state index < -0.39 is 6.10 Å². The topological polar surface area (TPSA) is 20.2 Å². The molecular formula is C16H15ClO. The quantitative estimate of drug-likeness (QED) is 0.816. The summed E-state index contributed by atoms with van der Waals surface area (Å²) in [5, 5.41) is 10.6. The molecule has 0 spiro atoms. The van der Waals surface area contributed by atoms with Crippen LogP contribution in [-0.4, -0.2) is 11.2 Å². The van der Waals surface area contributed by atoms with E-state index in [4.69, 9.17) is 11.6 Å². The standard InChI is InChI=1S/C16H15ClO/c1-12(18)16(11-13-5-3-2-4-6-13)14-7-9-15(17)10-8-14/h2-12,18H,1H3/b16-11-. The Hall–Kier alpha value is -1.57. The molecule has 2 heteroatoms. The SMILES string of the molecule is CC(O)/C(=C/c1ccccc1)c1ccc(Cl)cc1. The lowest BCUT2D eigenvalue weighted by Crippen LogP contribution is -2.03. The highest BCUT2D eigenvalue weighted by Gasteiger charge is 2.08. The molecule has 0 fully saturated rings. The summed E-state index contributed by atoms with van der Waals surface area (Å²) in [7, 11) is 0. The molecule has 0 saturated heterocycles. The van der Waals surface area contributed by atoms with E-state index in [0.29, 0.717) is 5.02 Å². The molecule has 0 heterocycles. The Labute approximate surface area is 112 Å². The van der Waals surface area contributed by atoms with Gasteiger partial charge in [-0.15, -0.1) is 0 Å². The Morgan fingerprint density at radius 2 is 1.67 bits per heavy atom. The largest absolute Gasteiger partial charge is 0.389 e. The smallest absolute Gasteiger partial charge is 0.0767 e. The average molecular weight is 259 g/mol. The van der Waals surface area contributed by atoms with Gasteiger partial charge >= 0.3 is 0 Å². The third-order valence-electron chi connectivity index (χ3n) is 2.75. The van der Waals surface area contributed by atoms with Gasteiger partial charge in [0.15, 0.2) is 0 Å². The van der Waals surface area contributed by atoms with E-state index in [-0.39, 0.29) is 0 Å². The highest BCUT2D eigenvalue weighted by molar-refractivity contribution is 6.30. The van der Waals surface area contributed by atoms with Crippen molar-refractivity contribution in [2.75, 3.05) is 0 Å². The number of rotatable bonds is 3. The van der Waals surface area contributed by atoms with Gasteiger partial charge < -0.3 is 5.11 Å². The Morgan fingerprint density at radius 3 is 2.22 bits per heavy atom. The Bertz CT molecular complexity index is 527. The zero-order valence-electron chi connectivity index (χ0n) is 10.2. The van der Waals surface area contributed by atoms with Gasteiger partial charge in [-0.25, -0.2) is 0 Å². The van der Waals surface area contributed by atoms with Gasteiger partial charge in [0.2, 0.25) is 0 Å². The van der Waals surface area contributed by atoms with Crippen LogP contribution in [0.15, 0.2) is 54.6 Å². The third-order valence-corrected chi connectivity index (χ3v) is 3.00. The molecule has 18 heavy (non-hydrogen) atoms. The Balaban J connectivity index is 2.40. The second-order valence-corrected chi connectivity index (χ2v) is 4.63. The van der Waals surface area contributed by atoms with E-state index >= 15 is 0 Å². The van der Waals surface area contributed by atoms with Crippen LogP contribution in [0, 0.1) is 0 Å². The van der Waals surface area contributed by atoms with Crippen LogP contribution in [0.2, 0.25) is 5.02 Å². The fraction of sp³-hybridized carbons (Fsp3) is 0.125. The summed E-state index contributed by atoms with van der Waals surface area (Å²) in [5.41, 5.74) is 2.94. The molecule has 1 nitrogen and oxygen atoms in total. The van der Waals surface area contributed by atoms with Gasteiger partial charge in [0.05, 0.1) is 6.10 Å². The fourth-order valence-electron chi connectivity index (χ4n) is 1.82. The van der Waals surface area contributed by atoms with Gasteiger partial charge in [-0.1, -0.05) is 54.1 Å². The molecule has 0 bridgehead atoms. The van der Waals surface area contributed by atoms with Gasteiger partial charge in [0.25, 0.3) is 0 Å². The van der Waals surface area contributed by atoms with Crippen molar-refractivity contribution in [2.45, 2.75) is 13.0 Å². The van der Waals surface area contributed by atoms with Crippen LogP contribution >= 0.6 is 11.6 Å². The lowest BCUT2D eigenvalue weighted by molar-refractivity contribution is 0.254. The molecule has 0 aliphatic heterocycles. The third kappa shape index (κ3) is 3.22. The maximum atomic E-state index is 9.89. The molecule has 1 unspecified atom stereocenters. The average Bonchev–Trinajstić information content (AvgIpc) is 2.38. The first-order valence-corrected chi connectivity index (χ1v) is 6.25. The number of aliphatic hydroxyl groups excluding tert-OH is 1. The van der Waals surface area contributed by atoms with Crippen LogP contribution < -0.4 is 0 Å². The van der Waals surface area contributed by atoms with Gasteiger partial charge in [-0.2, -0.15) is 0 Å². The van der Waals surface area contributed by atoms with E-state index in [9.17, 15) is 5.11 Å². The summed E-state index contributed by atoms with van der Waals surface area (Å²) in [6.07, 6.45) is 1.47. The van der Waals surface area contributed by atoms with E-state index in [0.717, 1.165) is 16.7 Å². The number of aliphatic hydroxyl groups is 1. The zero-order valence-corrected chi connectivity index (χ0v) is 10.9. The van der Waals surface area contributed by atoms with Crippen LogP contribution in [0.1, 0.15) is 18.1 Å². The second-order valence-electron chi connectivity index (χ2n) is 4.19. The van der Waals surface area contributed by atoms with E-state index in [1.54, 1.807) is 6.92 Å². The van der Waals surface area contributed by atoms with E-state index in [1.165, 1.54) is 0 Å². The molecule has 0 aliphatic carbocycles. The minimum absolute atomic E-state index is 0.522. The highest BCUT2D eigenvalue weighted by atomic mass is 35.5. The summed E-state index contributed by atoms with van der Waals surface area (Å²) >= 11 is 5.87. The van der Waals surface area contributed by atoms with Gasteiger partial charge in [-0.3, -0.25) is 0 Å². The van der Waals surface area contributed by atoms with Crippen molar-refractivity contribution in [3.63, 3.8) is 0 Å². The summed E-state index contributed by atoms with van der Waals surface area (Å²) in [5.74, 6) is 0. The molecule has 0 aliphatic rings. The first kappa shape index (κ1) is 12.9. The van der Waals surface area contributed by atoms with Crippen molar-refractivity contribution in [2.24, 2.45) is 0 Å². The van der Waals surface area contributed by atoms with Crippen LogP contribution in [0.4, 0.5) is 0 Å². The predicted octanol–water partition coefficient (Wildman–Crippen LogP) is 4.26. The van der Waals surface area contributed by atoms with Crippen LogP contribution in [0.5, 0.6) is 0 Å². The number of hydrogen-bond acceptors (Lipinski definition) is 1. The monoisotopic (exact) mass is 258 g/mol. The Kier molecular flexibility index (Phi) is 4.19. The van der Waals surface area contributed by atoms with Gasteiger partial charge in [0, 0.05) is 5.02 Å². The maximum Gasteiger partial charge on any atom is 0.0767 e. The highest BCUT2D eigenvalue weighted by Crippen LogP contribution is 2.23. The number of benzene rings is 2. The number of hydrogen-bond donors (Lipinski definition) is 1. The lowest BCUT2D eigenvalue weighted by Gasteiger charge is -2.11. The minimum atomic E-state index is -0.522. The van der Waals surface area contributed by atoms with Crippen molar-refractivity contribution in [3.8, 4) is 0 Å². The molecule has 1 N–H and O–H groups in total. The minimum Gasteiger partial charge on any atom is -0.389 e. The zero-order chi connectivity index (χ0) is 13.0. The van der Waals surface area contributed by atoms with Crippen LogP contribution in [0.3, 0.4) is 0 Å². The van der Waals surface area contributed by atoms with E-state index in [2.05, 4.69) is 0 Å². The molecule has 2 aromatic rings. The number of halogens is 1. The molecule has 1 atom stereocenters. The van der Waals surface area contributed by atoms with Crippen molar-refractivity contribution in [3.05, 3.63) is 70.7 Å². The molecule has 0 amide bonds. The van der Waals surface area contributed by atoms with Crippen LogP contribution in [0.25, 0.3) is 11.6 Å². The van der Waals surface area contributed by atoms with Crippen molar-refractivity contribution in [1.29, 1.82) is 0 Å². The summed E-state index contributed by atoms with van der Waals surface area (Å²) in [4.78, 5) is 0. The van der Waals surface area contributed by atoms with Gasteiger partial charge in [-0.05, 0) is 41.8 Å². The summed E-state index contributed by atoms with van der Waals surface area (Å²) < 4.78 is 0. The second kappa shape index (κ2) is 5.85. The summed E-state index contributed by atoms with van der Waals surface area (Å²) in [6, 6.07) is 17.5. The van der Waals surface area contributed by atoms with Crippen molar-refractivity contribution >= 4 is 23.3 Å². The maximum absolute atomic E-state index is 9.89. The fourth-order valence-corrected chi connectivity index (χ4v) is 1.94. The molecule has 92 valence electrons. The van der Waals surface area contributed by atoms with E-state index in [1.807, 2.05) is 60.7 Å². The predicted molar refractivity (Wildman–Crippen MR) is 77.4 cm³/mol. The molecular weight excluding hydrogens is 244 g/mol. The molecule has 0 radical (unpaired) electrons. The first-order valence-electron chi connectivity index (χ1n) is 5.87.